The number of nitrogens with zero attached hydrogens (tertiary/aromatic N) is 4. The number of piperidine rings is 1. The molecule has 4 atom stereocenters. The first-order valence-electron chi connectivity index (χ1n) is 24.9. The van der Waals surface area contributed by atoms with E-state index in [1.165, 1.54) is 76.9 Å². The Morgan fingerprint density at radius 3 is 2.23 bits per heavy atom. The molecule has 404 valence electrons. The molecule has 2 aliphatic rings. The summed E-state index contributed by atoms with van der Waals surface area (Å²) in [5.74, 6) is -4.92. The first-order chi connectivity index (χ1) is 35.7. The van der Waals surface area contributed by atoms with Crippen LogP contribution in [0.5, 0.6) is 17.2 Å². The van der Waals surface area contributed by atoms with Gasteiger partial charge in [0.25, 0.3) is 11.8 Å². The Bertz CT molecular complexity index is 2570. The maximum atomic E-state index is 14.3. The summed E-state index contributed by atoms with van der Waals surface area (Å²) >= 11 is 0. The fraction of sp³-hybridized carbons (Fsp3) is 0.473. The van der Waals surface area contributed by atoms with Crippen molar-refractivity contribution in [1.82, 2.24) is 30.2 Å². The third-order valence-corrected chi connectivity index (χ3v) is 13.1. The molecule has 2 bridgehead atoms. The van der Waals surface area contributed by atoms with Crippen molar-refractivity contribution in [3.05, 3.63) is 102 Å². The van der Waals surface area contributed by atoms with E-state index in [0.717, 1.165) is 22.1 Å². The van der Waals surface area contributed by atoms with E-state index in [4.69, 9.17) is 23.7 Å². The average molecular weight is 1040 g/mol. The van der Waals surface area contributed by atoms with Gasteiger partial charge in [-0.3, -0.25) is 33.6 Å². The van der Waals surface area contributed by atoms with Crippen LogP contribution in [0.3, 0.4) is 0 Å². The summed E-state index contributed by atoms with van der Waals surface area (Å²) < 4.78 is 28.5. The number of ketones is 1. The average Bonchev–Trinajstić information content (AvgIpc) is 3.41. The number of fused-ring (bicyclic) bond motifs is 3. The van der Waals surface area contributed by atoms with E-state index < -0.39 is 109 Å². The van der Waals surface area contributed by atoms with Crippen LogP contribution < -0.4 is 24.8 Å². The van der Waals surface area contributed by atoms with E-state index >= 15 is 0 Å². The number of benzene rings is 3. The maximum absolute atomic E-state index is 14.3. The Kier molecular flexibility index (Phi) is 21.3. The fourth-order valence-corrected chi connectivity index (χ4v) is 8.45. The summed E-state index contributed by atoms with van der Waals surface area (Å²) in [6.07, 6.45) is 4.02. The molecule has 2 heterocycles. The number of cyclic esters (lactones) is 2. The minimum Gasteiger partial charge on any atom is -0.493 e. The zero-order chi connectivity index (χ0) is 54.8. The van der Waals surface area contributed by atoms with Gasteiger partial charge in [0.15, 0.2) is 18.1 Å². The van der Waals surface area contributed by atoms with Crippen molar-refractivity contribution in [2.75, 3.05) is 74.8 Å². The molecule has 75 heavy (non-hydrogen) atoms. The molecule has 3 aromatic carbocycles. The number of nitrogens with one attached hydrogen (secondary N) is 2. The van der Waals surface area contributed by atoms with Gasteiger partial charge in [0.2, 0.25) is 29.4 Å². The highest BCUT2D eigenvalue weighted by Crippen LogP contribution is 2.33. The zero-order valence-corrected chi connectivity index (χ0v) is 44.1. The molecule has 6 amide bonds. The van der Waals surface area contributed by atoms with E-state index in [-0.39, 0.29) is 44.5 Å². The molecule has 0 radical (unpaired) electrons. The molecular weight excluding hydrogens is 969 g/mol. The van der Waals surface area contributed by atoms with Crippen LogP contribution in [0.2, 0.25) is 0 Å². The number of hydrogen-bond acceptors (Lipinski definition) is 14. The second kappa shape index (κ2) is 27.5. The molecule has 0 spiro atoms. The van der Waals surface area contributed by atoms with Crippen LogP contribution in [0.1, 0.15) is 75.7 Å². The van der Waals surface area contributed by atoms with Crippen molar-refractivity contribution in [2.24, 2.45) is 5.41 Å². The molecule has 0 unspecified atom stereocenters. The van der Waals surface area contributed by atoms with E-state index in [0.29, 0.717) is 36.3 Å². The second-order valence-corrected chi connectivity index (χ2v) is 19.3. The molecule has 1 fully saturated rings. The summed E-state index contributed by atoms with van der Waals surface area (Å²) in [6.45, 7) is 2.88. The Morgan fingerprint density at radius 2 is 1.51 bits per heavy atom. The predicted octanol–water partition coefficient (Wildman–Crippen LogP) is 3.39. The lowest BCUT2D eigenvalue weighted by Gasteiger charge is -2.36. The third kappa shape index (κ3) is 16.6. The number of amides is 6. The first kappa shape index (κ1) is 58.1. The number of carbonyl (C=O) groups is 9. The minimum atomic E-state index is -1.48. The SMILES string of the molecule is COc1ccc(CC[C@H]2OC(=O)[C@@H]3CCCCN3C(=O)C(=O)C(C)(C)COC(=O)C=CCCN(C)C(=O)CNC(=O)[C@H](Cc3ccccc3)N(C)C(=O)[C@@H](C)NC(=O)CN(C)C(=O)COc3cccc2c3)cc1OC. The second-order valence-electron chi connectivity index (χ2n) is 19.3. The number of Topliss-reactive ketones (excluding diaryl/α,β-unsaturated/α-hetero) is 1. The molecule has 2 aliphatic heterocycles. The number of rotatable bonds is 7. The molecule has 20 heteroatoms. The Labute approximate surface area is 438 Å². The summed E-state index contributed by atoms with van der Waals surface area (Å²) in [5, 5.41) is 5.24. The first-order valence-corrected chi connectivity index (χ1v) is 24.9. The largest absolute Gasteiger partial charge is 0.493 e. The van der Waals surface area contributed by atoms with E-state index in [9.17, 15) is 43.2 Å². The minimum absolute atomic E-state index is 0.0896. The Morgan fingerprint density at radius 1 is 0.773 bits per heavy atom. The van der Waals surface area contributed by atoms with Gasteiger partial charge in [-0.1, -0.05) is 54.6 Å². The van der Waals surface area contributed by atoms with Crippen LogP contribution in [0.4, 0.5) is 0 Å². The fourth-order valence-electron chi connectivity index (χ4n) is 8.45. The zero-order valence-electron chi connectivity index (χ0n) is 44.1. The quantitative estimate of drug-likeness (QED) is 0.255. The Balaban J connectivity index is 1.40. The molecule has 1 saturated heterocycles. The van der Waals surface area contributed by atoms with Gasteiger partial charge in [-0.25, -0.2) is 9.59 Å². The summed E-state index contributed by atoms with van der Waals surface area (Å²) in [5.41, 5.74) is 0.603. The maximum Gasteiger partial charge on any atom is 0.330 e. The molecule has 0 saturated carbocycles. The highest BCUT2D eigenvalue weighted by Gasteiger charge is 2.43. The molecule has 5 rings (SSSR count). The van der Waals surface area contributed by atoms with Crippen molar-refractivity contribution < 1.29 is 66.8 Å². The number of aryl methyl sites for hydroxylation is 1. The molecule has 2 N–H and O–H groups in total. The topological polar surface area (TPSA) is 237 Å². The number of hydrogen-bond donors (Lipinski definition) is 2. The summed E-state index contributed by atoms with van der Waals surface area (Å²) in [6, 6.07) is 17.7. The van der Waals surface area contributed by atoms with Crippen LogP contribution in [0.15, 0.2) is 84.9 Å². The lowest BCUT2D eigenvalue weighted by atomic mass is 9.87. The number of likely N-dealkylation sites (N-methyl/N-ethyl adjacent to an activating group) is 3. The van der Waals surface area contributed by atoms with E-state index in [1.807, 2.05) is 18.2 Å². The summed E-state index contributed by atoms with van der Waals surface area (Å²) in [7, 11) is 7.39. The van der Waals surface area contributed by atoms with Crippen LogP contribution >= 0.6 is 0 Å². The van der Waals surface area contributed by atoms with Crippen LogP contribution in [-0.4, -0.2) is 166 Å². The molecule has 3 aromatic rings. The number of carbonyl (C=O) groups excluding carboxylic acids is 9. The Hall–Kier alpha value is -7.77. The lowest BCUT2D eigenvalue weighted by molar-refractivity contribution is -0.165. The van der Waals surface area contributed by atoms with Gasteiger partial charge in [0, 0.05) is 46.7 Å². The summed E-state index contributed by atoms with van der Waals surface area (Å²) in [4.78, 5) is 127. The van der Waals surface area contributed by atoms with Gasteiger partial charge >= 0.3 is 11.9 Å². The van der Waals surface area contributed by atoms with Crippen LogP contribution in [0, 0.1) is 5.41 Å². The van der Waals surface area contributed by atoms with E-state index in [2.05, 4.69) is 10.6 Å². The monoisotopic (exact) mass is 1040 g/mol. The van der Waals surface area contributed by atoms with Gasteiger partial charge in [-0.05, 0) is 100 Å². The molecular formula is C55H70N6O14. The highest BCUT2D eigenvalue weighted by atomic mass is 16.5. The molecule has 0 aromatic heterocycles. The lowest BCUT2D eigenvalue weighted by Crippen LogP contribution is -2.55. The van der Waals surface area contributed by atoms with E-state index in [1.54, 1.807) is 54.6 Å². The molecule has 20 nitrogen and oxygen atoms in total. The van der Waals surface area contributed by atoms with Gasteiger partial charge in [0.1, 0.15) is 36.6 Å². The van der Waals surface area contributed by atoms with Crippen molar-refractivity contribution in [1.29, 1.82) is 0 Å². The van der Waals surface area contributed by atoms with Crippen molar-refractivity contribution in [2.45, 2.75) is 89.9 Å². The normalized spacial score (nSPS) is 21.9. The third-order valence-electron chi connectivity index (χ3n) is 13.1. The van der Waals surface area contributed by atoms with Gasteiger partial charge in [0.05, 0.1) is 32.7 Å². The van der Waals surface area contributed by atoms with Crippen LogP contribution in [0.25, 0.3) is 0 Å². The van der Waals surface area contributed by atoms with Crippen molar-refractivity contribution in [3.63, 3.8) is 0 Å². The standard InChI is InChI=1S/C55H70N6O14/c1-36-52(68)60(6)42(29-37-17-10-9-11-18-37)51(67)56-32-47(63)58(4)27-14-13-22-49(65)74-35-55(2,3)50(66)53(69)61-28-15-12-21-41(61)54(70)75-43(25-23-38-24-26-44(71-7)45(30-38)72-8)39-19-16-20-40(31-39)73-34-48(64)59(5)33-46(62)57-36/h9-11,13,16-20,22,24,26,30-31,36,41-43H,12,14-15,21,23,25,27-29,32-35H2,1-8H3,(H,56,67)(H,57,62)/t36-,41+,42+,43-/m1/s1. The predicted molar refractivity (Wildman–Crippen MR) is 274 cm³/mol. The van der Waals surface area contributed by atoms with Gasteiger partial charge in [-0.15, -0.1) is 0 Å². The number of esters is 2. The molecule has 0 aliphatic carbocycles. The number of ether oxygens (including phenoxy) is 5. The highest BCUT2D eigenvalue weighted by molar-refractivity contribution is 6.38. The van der Waals surface area contributed by atoms with Crippen LogP contribution in [-0.2, 0) is 65.5 Å². The number of methoxy groups -OCH3 is 2. The van der Waals surface area contributed by atoms with Gasteiger partial charge < -0.3 is 53.9 Å². The van der Waals surface area contributed by atoms with Crippen molar-refractivity contribution in [3.8, 4) is 17.2 Å². The van der Waals surface area contributed by atoms with Gasteiger partial charge in [-0.2, -0.15) is 0 Å². The van der Waals surface area contributed by atoms with Crippen molar-refractivity contribution >= 4 is 53.2 Å². The smallest absolute Gasteiger partial charge is 0.330 e.